The van der Waals surface area contributed by atoms with Crippen LogP contribution in [0.2, 0.25) is 0 Å². The molecule has 756 valence electrons. The van der Waals surface area contributed by atoms with Crippen LogP contribution in [0.3, 0.4) is 0 Å². The first-order chi connectivity index (χ1) is 64.7. The maximum atomic E-state index is 14.4. The number of nitrogens with one attached hydrogen (secondary N) is 4. The van der Waals surface area contributed by atoms with Gasteiger partial charge in [0.2, 0.25) is 11.8 Å². The number of carbonyl (C=O) groups is 12. The molecule has 4 unspecified atom stereocenters. The van der Waals surface area contributed by atoms with Crippen LogP contribution >= 0.6 is 0 Å². The van der Waals surface area contributed by atoms with Crippen molar-refractivity contribution in [1.29, 1.82) is 0 Å². The predicted molar refractivity (Wildman–Crippen MR) is 482 cm³/mol. The molecule has 3 aliphatic heterocycles. The molecule has 3 saturated heterocycles. The van der Waals surface area contributed by atoms with Crippen LogP contribution < -0.4 is 30.7 Å². The average Bonchev–Trinajstić information content (AvgIpc) is 1.15. The lowest BCUT2D eigenvalue weighted by molar-refractivity contribution is -0.265. The van der Waals surface area contributed by atoms with Gasteiger partial charge in [0, 0.05) is 120 Å². The fraction of sp³-hybridized carbons (Fsp3) is 0.629. The van der Waals surface area contributed by atoms with Crippen molar-refractivity contribution in [3.63, 3.8) is 0 Å². The molecule has 0 aliphatic carbocycles. The minimum absolute atomic E-state index is 0.0180. The Bertz CT molecular complexity index is 4420. The van der Waals surface area contributed by atoms with E-state index >= 15 is 0 Å². The number of Topliss-reactive ketones (excluding diaryl/α,β-unsaturated/α-hetero) is 2. The number of anilines is 1. The third kappa shape index (κ3) is 36.3. The zero-order valence-corrected chi connectivity index (χ0v) is 79.8. The Hall–Kier alpha value is -10.2. The van der Waals surface area contributed by atoms with Crippen LogP contribution in [0.5, 0.6) is 11.5 Å². The molecule has 0 spiro atoms. The first-order valence-electron chi connectivity index (χ1n) is 46.1. The molecule has 3 fully saturated rings. The SMILES string of the molecule is CC[C@H]1OC(OCCOCCOCCOCCCC(=O)c2cc(NC(=O)CCC(=O)CCCCCCCCC(=O)N3CC(C)(COC(=O)CCC(=O)O)C(C)(OC(c4ccccc4)(c4ccc(OC)cc4)c4ccc(OC)cc4)C3)cc(C(=O)NCCOCCOCCOCCOC3O[C@H](COC(C)=O)[C@H](OC(C)=O)[C@H](C)[C@H]3NC(=O)C(C)(F)F)c2)[C@H](NC(=O)C(C)(F)F)[C@@H](OC(C)=O)[C@H]1C. The number of halogens is 4. The summed E-state index contributed by atoms with van der Waals surface area (Å²) in [6.07, 6.45) is -2.04. The molecule has 7 rings (SSSR count). The van der Waals surface area contributed by atoms with E-state index in [-0.39, 0.29) is 205 Å². The number of likely N-dealkylation sites (tertiary alicyclic amines) is 1. The Labute approximate surface area is 791 Å². The minimum Gasteiger partial charge on any atom is -0.497 e. The number of aliphatic carboxylic acids is 1. The van der Waals surface area contributed by atoms with E-state index in [4.69, 9.17) is 80.5 Å². The monoisotopic (exact) mass is 1930 g/mol. The number of carboxylic acids is 1. The Kier molecular flexibility index (Phi) is 47.0. The van der Waals surface area contributed by atoms with E-state index in [9.17, 15) is 80.2 Å². The van der Waals surface area contributed by atoms with Gasteiger partial charge in [-0.25, -0.2) is 0 Å². The fourth-order valence-electron chi connectivity index (χ4n) is 15.9. The number of esters is 4. The minimum atomic E-state index is -3.77. The van der Waals surface area contributed by atoms with Gasteiger partial charge in [0.05, 0.1) is 137 Å². The highest BCUT2D eigenvalue weighted by Gasteiger charge is 2.60. The van der Waals surface area contributed by atoms with Gasteiger partial charge >= 0.3 is 41.7 Å². The molecule has 5 N–H and O–H groups in total. The van der Waals surface area contributed by atoms with Crippen LogP contribution in [0.25, 0.3) is 0 Å². The molecular weight excluding hydrogens is 1790 g/mol. The van der Waals surface area contributed by atoms with Crippen molar-refractivity contribution in [2.24, 2.45) is 17.3 Å². The lowest BCUT2D eigenvalue weighted by Gasteiger charge is -2.47. The van der Waals surface area contributed by atoms with Gasteiger partial charge in [-0.05, 0) is 91.8 Å². The Morgan fingerprint density at radius 2 is 1.00 bits per heavy atom. The van der Waals surface area contributed by atoms with Crippen molar-refractivity contribution in [2.45, 2.75) is 238 Å². The third-order valence-corrected chi connectivity index (χ3v) is 23.5. The van der Waals surface area contributed by atoms with Crippen molar-refractivity contribution < 1.29 is 161 Å². The van der Waals surface area contributed by atoms with E-state index in [2.05, 4.69) is 21.3 Å². The number of hydrogen-bond donors (Lipinski definition) is 5. The molecule has 3 heterocycles. The smallest absolute Gasteiger partial charge is 0.321 e. The van der Waals surface area contributed by atoms with E-state index in [0.29, 0.717) is 57.5 Å². The second-order valence-electron chi connectivity index (χ2n) is 34.3. The Balaban J connectivity index is 0.868. The van der Waals surface area contributed by atoms with E-state index in [1.54, 1.807) is 26.0 Å². The van der Waals surface area contributed by atoms with Crippen molar-refractivity contribution >= 4 is 76.6 Å². The van der Waals surface area contributed by atoms with E-state index in [1.807, 2.05) is 99.6 Å². The summed E-state index contributed by atoms with van der Waals surface area (Å²) in [5, 5.41) is 19.3. The van der Waals surface area contributed by atoms with Gasteiger partial charge in [-0.3, -0.25) is 57.5 Å². The van der Waals surface area contributed by atoms with Crippen molar-refractivity contribution in [3.8, 4) is 11.5 Å². The number of amides is 5. The quantitative estimate of drug-likeness (QED) is 0.00684. The third-order valence-electron chi connectivity index (χ3n) is 23.5. The molecule has 35 nitrogen and oxygen atoms in total. The zero-order valence-electron chi connectivity index (χ0n) is 79.8. The molecule has 0 aromatic heterocycles. The molecule has 5 amide bonds. The molecule has 4 aromatic rings. The van der Waals surface area contributed by atoms with E-state index in [1.165, 1.54) is 32.0 Å². The lowest BCUT2D eigenvalue weighted by Crippen LogP contribution is -2.63. The number of nitrogens with zero attached hydrogens (tertiary/aromatic N) is 1. The summed E-state index contributed by atoms with van der Waals surface area (Å²) >= 11 is 0. The van der Waals surface area contributed by atoms with Gasteiger partial charge in [-0.2, -0.15) is 17.6 Å². The summed E-state index contributed by atoms with van der Waals surface area (Å²) in [6, 6.07) is 26.5. The number of methoxy groups -OCH3 is 2. The molecule has 136 heavy (non-hydrogen) atoms. The number of rotatable bonds is 63. The number of hydrogen-bond acceptors (Lipinski definition) is 29. The fourth-order valence-corrected chi connectivity index (χ4v) is 15.9. The molecule has 12 atom stereocenters. The first kappa shape index (κ1) is 113. The van der Waals surface area contributed by atoms with Crippen molar-refractivity contribution in [3.05, 3.63) is 125 Å². The number of alkyl halides is 4. The highest BCUT2D eigenvalue weighted by Crippen LogP contribution is 2.52. The Morgan fingerprint density at radius 3 is 1.53 bits per heavy atom. The summed E-state index contributed by atoms with van der Waals surface area (Å²) in [5.41, 5.74) is -1.03. The molecule has 4 aromatic carbocycles. The Morgan fingerprint density at radius 1 is 0.507 bits per heavy atom. The molecule has 0 bridgehead atoms. The van der Waals surface area contributed by atoms with Crippen LogP contribution in [-0.4, -0.2) is 287 Å². The van der Waals surface area contributed by atoms with Crippen LogP contribution in [0, 0.1) is 17.3 Å². The molecule has 39 heteroatoms. The summed E-state index contributed by atoms with van der Waals surface area (Å²) in [6.45, 7) is 13.9. The maximum absolute atomic E-state index is 14.4. The maximum Gasteiger partial charge on any atom is 0.321 e. The van der Waals surface area contributed by atoms with Crippen LogP contribution in [0.15, 0.2) is 97.1 Å². The first-order valence-corrected chi connectivity index (χ1v) is 46.1. The van der Waals surface area contributed by atoms with Crippen LogP contribution in [0.1, 0.15) is 203 Å². The zero-order chi connectivity index (χ0) is 99.6. The second kappa shape index (κ2) is 56.6. The summed E-state index contributed by atoms with van der Waals surface area (Å²) in [5.74, 6) is -16.5. The lowest BCUT2D eigenvalue weighted by atomic mass is 9.74. The van der Waals surface area contributed by atoms with Crippen molar-refractivity contribution in [2.75, 3.05) is 145 Å². The summed E-state index contributed by atoms with van der Waals surface area (Å²) < 4.78 is 154. The van der Waals surface area contributed by atoms with Gasteiger partial charge in [-0.15, -0.1) is 0 Å². The number of ether oxygens (including phenoxy) is 17. The number of unbranched alkanes of at least 4 members (excludes halogenated alkanes) is 5. The van der Waals surface area contributed by atoms with Gasteiger partial charge < -0.3 is 112 Å². The number of carbonyl (C=O) groups excluding carboxylic acids is 11. The van der Waals surface area contributed by atoms with Crippen molar-refractivity contribution in [1.82, 2.24) is 20.9 Å². The summed E-state index contributed by atoms with van der Waals surface area (Å²) in [7, 11) is 3.16. The van der Waals surface area contributed by atoms with Gasteiger partial charge in [0.25, 0.3) is 17.7 Å². The normalized spacial score (nSPS) is 21.1. The van der Waals surface area contributed by atoms with Crippen LogP contribution in [-0.2, 0) is 125 Å². The highest BCUT2D eigenvalue weighted by molar-refractivity contribution is 6.04. The largest absolute Gasteiger partial charge is 0.497 e. The summed E-state index contributed by atoms with van der Waals surface area (Å²) in [4.78, 5) is 156. The number of benzene rings is 4. The predicted octanol–water partition coefficient (Wildman–Crippen LogP) is 10.8. The standard InChI is InChI=1S/C97H135F4N5O30/c1-13-78-63(2)87(133-67(6)109)85(105-92(119)96(10,100)101)90(134-78)129-55-53-127-50-48-124-46-44-122-42-23-27-77(111)68-56-69(88(117)102-41-43-123-45-47-125-49-51-126-52-54-128-89-84(104-91(118)95(9,98)99)64(3)86(132-66(5)108)79(135-89)59-130-65(4)107)58-73(57-68)103-80(112)38-33-74(110)26-21-16-14-15-17-22-28-81(113)106-60-93(7,62-131-83(116)40-39-82(114)115)94(8,61-106)136-97(70-24-19-18-20-25-70,71-29-34-75(120-11)35-30-71)72-31-36-76(121-12)37-32-72/h18-20,24-25,29-32,34-37,56-58,63-64,78-79,84-87,89-90H,13-17,21-23,26-28,33,38-55,59-62H2,1-12H3,(H,102,117)(H,103,112)(H,104,118)(H,105,119)(H,114,115)/t63-,64+,78+,79+,84+,85+,86+,87-,89?,90?,93?,94?/m0/s1. The number of carboxylic acid groups (broad SMARTS) is 1. The molecular formula is C97H135F4N5O30. The van der Waals surface area contributed by atoms with E-state index < -0.39 is 149 Å². The number of ketones is 2. The molecule has 3 aliphatic rings. The topological polar surface area (TPSA) is 433 Å². The molecule has 0 radical (unpaired) electrons. The van der Waals surface area contributed by atoms with Gasteiger partial charge in [0.1, 0.15) is 60.5 Å². The van der Waals surface area contributed by atoms with Gasteiger partial charge in [0.15, 0.2) is 18.4 Å². The van der Waals surface area contributed by atoms with E-state index in [0.717, 1.165) is 43.4 Å². The van der Waals surface area contributed by atoms with Crippen LogP contribution in [0.4, 0.5) is 23.2 Å². The average molecular weight is 1930 g/mol. The molecule has 0 saturated carbocycles. The highest BCUT2D eigenvalue weighted by atomic mass is 19.3. The second-order valence-corrected chi connectivity index (χ2v) is 34.3. The van der Waals surface area contributed by atoms with Gasteiger partial charge in [-0.1, -0.05) is 108 Å².